The van der Waals surface area contributed by atoms with E-state index in [9.17, 15) is 4.79 Å². The SMILES string of the molecule is COc1ccccc1C(=O)Nc1ccnn1Cc1cccc(Cl)c1. The molecule has 1 aromatic heterocycles. The van der Waals surface area contributed by atoms with Crippen LogP contribution in [-0.2, 0) is 6.54 Å². The molecule has 5 nitrogen and oxygen atoms in total. The summed E-state index contributed by atoms with van der Waals surface area (Å²) < 4.78 is 6.93. The number of para-hydroxylation sites is 1. The Balaban J connectivity index is 1.79. The number of nitrogens with zero attached hydrogens (tertiary/aromatic N) is 2. The summed E-state index contributed by atoms with van der Waals surface area (Å²) in [6.07, 6.45) is 1.64. The smallest absolute Gasteiger partial charge is 0.260 e. The predicted molar refractivity (Wildman–Crippen MR) is 93.7 cm³/mol. The van der Waals surface area contributed by atoms with Gasteiger partial charge in [-0.1, -0.05) is 35.9 Å². The number of anilines is 1. The topological polar surface area (TPSA) is 56.1 Å². The molecule has 0 saturated heterocycles. The van der Waals surface area contributed by atoms with Crippen molar-refractivity contribution in [1.82, 2.24) is 9.78 Å². The molecule has 0 aliphatic heterocycles. The third-order valence-electron chi connectivity index (χ3n) is 3.53. The Kier molecular flexibility index (Phi) is 4.82. The Bertz CT molecular complexity index is 861. The van der Waals surface area contributed by atoms with Crippen LogP contribution in [0.2, 0.25) is 5.02 Å². The van der Waals surface area contributed by atoms with Crippen molar-refractivity contribution in [3.8, 4) is 5.75 Å². The first kappa shape index (κ1) is 16.1. The summed E-state index contributed by atoms with van der Waals surface area (Å²) in [5.41, 5.74) is 1.47. The van der Waals surface area contributed by atoms with Crippen LogP contribution in [0.15, 0.2) is 60.8 Å². The summed E-state index contributed by atoms with van der Waals surface area (Å²) in [4.78, 5) is 12.5. The number of benzene rings is 2. The molecule has 1 N–H and O–H groups in total. The van der Waals surface area contributed by atoms with Crippen molar-refractivity contribution in [2.45, 2.75) is 6.54 Å². The molecule has 2 aromatic carbocycles. The van der Waals surface area contributed by atoms with Gasteiger partial charge in [0.15, 0.2) is 0 Å². The highest BCUT2D eigenvalue weighted by molar-refractivity contribution is 6.30. The summed E-state index contributed by atoms with van der Waals surface area (Å²) in [5, 5.41) is 7.79. The van der Waals surface area contributed by atoms with Gasteiger partial charge in [0.05, 0.1) is 25.4 Å². The quantitative estimate of drug-likeness (QED) is 0.767. The second kappa shape index (κ2) is 7.19. The van der Waals surface area contributed by atoms with Gasteiger partial charge in [-0.05, 0) is 29.8 Å². The molecular formula is C18H16ClN3O2. The van der Waals surface area contributed by atoms with E-state index in [1.54, 1.807) is 35.1 Å². The minimum Gasteiger partial charge on any atom is -0.496 e. The maximum absolute atomic E-state index is 12.5. The van der Waals surface area contributed by atoms with Crippen LogP contribution in [0.1, 0.15) is 15.9 Å². The minimum atomic E-state index is -0.250. The van der Waals surface area contributed by atoms with Gasteiger partial charge in [0.25, 0.3) is 5.91 Å². The van der Waals surface area contributed by atoms with Crippen molar-refractivity contribution in [2.75, 3.05) is 12.4 Å². The monoisotopic (exact) mass is 341 g/mol. The molecule has 0 bridgehead atoms. The summed E-state index contributed by atoms with van der Waals surface area (Å²) in [7, 11) is 1.54. The first-order valence-corrected chi connectivity index (χ1v) is 7.76. The van der Waals surface area contributed by atoms with Crippen LogP contribution in [-0.4, -0.2) is 22.8 Å². The van der Waals surface area contributed by atoms with E-state index >= 15 is 0 Å². The van der Waals surface area contributed by atoms with Crippen LogP contribution >= 0.6 is 11.6 Å². The van der Waals surface area contributed by atoms with Crippen molar-refractivity contribution < 1.29 is 9.53 Å². The van der Waals surface area contributed by atoms with Crippen LogP contribution in [0.4, 0.5) is 5.82 Å². The van der Waals surface area contributed by atoms with Crippen molar-refractivity contribution >= 4 is 23.3 Å². The van der Waals surface area contributed by atoms with Crippen LogP contribution in [0.5, 0.6) is 5.75 Å². The highest BCUT2D eigenvalue weighted by Gasteiger charge is 2.14. The molecule has 0 radical (unpaired) electrons. The Morgan fingerprint density at radius 2 is 2.04 bits per heavy atom. The number of amides is 1. The van der Waals surface area contributed by atoms with Gasteiger partial charge >= 0.3 is 0 Å². The van der Waals surface area contributed by atoms with E-state index < -0.39 is 0 Å². The van der Waals surface area contributed by atoms with E-state index in [4.69, 9.17) is 16.3 Å². The Morgan fingerprint density at radius 3 is 2.83 bits per heavy atom. The molecule has 0 saturated carbocycles. The molecule has 1 amide bonds. The number of methoxy groups -OCH3 is 1. The van der Waals surface area contributed by atoms with Gasteiger partial charge in [-0.2, -0.15) is 5.10 Å². The second-order valence-corrected chi connectivity index (χ2v) is 5.59. The van der Waals surface area contributed by atoms with Crippen molar-refractivity contribution in [1.29, 1.82) is 0 Å². The van der Waals surface area contributed by atoms with Gasteiger partial charge in [0, 0.05) is 11.1 Å². The van der Waals surface area contributed by atoms with Crippen LogP contribution in [0.25, 0.3) is 0 Å². The zero-order valence-electron chi connectivity index (χ0n) is 13.1. The first-order chi connectivity index (χ1) is 11.7. The molecule has 122 valence electrons. The number of rotatable bonds is 5. The standard InChI is InChI=1S/C18H16ClN3O2/c1-24-16-8-3-2-7-15(16)18(23)21-17-9-10-20-22(17)12-13-5-4-6-14(19)11-13/h2-11H,12H2,1H3,(H,21,23). The molecule has 0 atom stereocenters. The number of nitrogens with one attached hydrogen (secondary N) is 1. The zero-order chi connectivity index (χ0) is 16.9. The fraction of sp³-hybridized carbons (Fsp3) is 0.111. The van der Waals surface area contributed by atoms with Crippen molar-refractivity contribution in [3.05, 3.63) is 76.9 Å². The maximum Gasteiger partial charge on any atom is 0.260 e. The van der Waals surface area contributed by atoms with Gasteiger partial charge in [-0.15, -0.1) is 0 Å². The summed E-state index contributed by atoms with van der Waals surface area (Å²) >= 11 is 6.01. The largest absolute Gasteiger partial charge is 0.496 e. The number of ether oxygens (including phenoxy) is 1. The first-order valence-electron chi connectivity index (χ1n) is 7.38. The Hall–Kier alpha value is -2.79. The number of carbonyl (C=O) groups excluding carboxylic acids is 1. The lowest BCUT2D eigenvalue weighted by Gasteiger charge is -2.11. The van der Waals surface area contributed by atoms with E-state index in [2.05, 4.69) is 10.4 Å². The third kappa shape index (κ3) is 3.58. The lowest BCUT2D eigenvalue weighted by Crippen LogP contribution is -2.17. The number of aromatic nitrogens is 2. The molecule has 0 fully saturated rings. The molecule has 24 heavy (non-hydrogen) atoms. The van der Waals surface area contributed by atoms with Crippen molar-refractivity contribution in [2.24, 2.45) is 0 Å². The molecule has 0 aliphatic carbocycles. The molecule has 0 spiro atoms. The maximum atomic E-state index is 12.5. The average Bonchev–Trinajstić information content (AvgIpc) is 3.01. The van der Waals surface area contributed by atoms with Gasteiger partial charge in [-0.3, -0.25) is 4.79 Å². The molecule has 0 unspecified atom stereocenters. The van der Waals surface area contributed by atoms with Gasteiger partial charge in [0.1, 0.15) is 11.6 Å². The highest BCUT2D eigenvalue weighted by Crippen LogP contribution is 2.20. The Labute approximate surface area is 144 Å². The zero-order valence-corrected chi connectivity index (χ0v) is 13.8. The third-order valence-corrected chi connectivity index (χ3v) is 3.77. The van der Waals surface area contributed by atoms with E-state index in [0.717, 1.165) is 5.56 Å². The highest BCUT2D eigenvalue weighted by atomic mass is 35.5. The molecule has 3 rings (SSSR count). The van der Waals surface area contributed by atoms with Crippen LogP contribution in [0.3, 0.4) is 0 Å². The molecule has 3 aromatic rings. The van der Waals surface area contributed by atoms with E-state index in [1.807, 2.05) is 30.3 Å². The fourth-order valence-electron chi connectivity index (χ4n) is 2.39. The second-order valence-electron chi connectivity index (χ2n) is 5.16. The number of hydrogen-bond acceptors (Lipinski definition) is 3. The average molecular weight is 342 g/mol. The molecular weight excluding hydrogens is 326 g/mol. The number of halogens is 1. The summed E-state index contributed by atoms with van der Waals surface area (Å²) in [6.45, 7) is 0.509. The minimum absolute atomic E-state index is 0.250. The van der Waals surface area contributed by atoms with Crippen LogP contribution in [0, 0.1) is 0 Å². The van der Waals surface area contributed by atoms with E-state index in [0.29, 0.717) is 28.7 Å². The normalized spacial score (nSPS) is 10.4. The fourth-order valence-corrected chi connectivity index (χ4v) is 2.60. The number of hydrogen-bond donors (Lipinski definition) is 1. The van der Waals surface area contributed by atoms with Gasteiger partial charge < -0.3 is 10.1 Å². The van der Waals surface area contributed by atoms with E-state index in [-0.39, 0.29) is 5.91 Å². The molecule has 6 heteroatoms. The summed E-state index contributed by atoms with van der Waals surface area (Å²) in [6, 6.07) is 16.4. The summed E-state index contributed by atoms with van der Waals surface area (Å²) in [5.74, 6) is 0.877. The lowest BCUT2D eigenvalue weighted by molar-refractivity contribution is 0.102. The van der Waals surface area contributed by atoms with E-state index in [1.165, 1.54) is 7.11 Å². The predicted octanol–water partition coefficient (Wildman–Crippen LogP) is 3.85. The lowest BCUT2D eigenvalue weighted by atomic mass is 10.2. The molecule has 0 aliphatic rings. The van der Waals surface area contributed by atoms with Crippen LogP contribution < -0.4 is 10.1 Å². The van der Waals surface area contributed by atoms with Gasteiger partial charge in [0.2, 0.25) is 0 Å². The molecule has 1 heterocycles. The number of carbonyl (C=O) groups is 1. The van der Waals surface area contributed by atoms with Crippen molar-refractivity contribution in [3.63, 3.8) is 0 Å². The Morgan fingerprint density at radius 1 is 1.21 bits per heavy atom. The van der Waals surface area contributed by atoms with Gasteiger partial charge in [-0.25, -0.2) is 4.68 Å².